The van der Waals surface area contributed by atoms with Crippen LogP contribution in [0, 0.1) is 3.57 Å². The molecule has 2 amide bonds. The predicted octanol–water partition coefficient (Wildman–Crippen LogP) is 4.67. The lowest BCUT2D eigenvalue weighted by molar-refractivity contribution is -0.122. The zero-order valence-electron chi connectivity index (χ0n) is 14.6. The first-order valence-electron chi connectivity index (χ1n) is 8.35. The lowest BCUT2D eigenvalue weighted by Crippen LogP contribution is -2.29. The van der Waals surface area contributed by atoms with E-state index in [1.54, 1.807) is 18.2 Å². The summed E-state index contributed by atoms with van der Waals surface area (Å²) in [5, 5.41) is 9.67. The molecule has 2 aromatic carbocycles. The minimum atomic E-state index is -0.278. The Bertz CT molecular complexity index is 898. The van der Waals surface area contributed by atoms with E-state index < -0.39 is 0 Å². The number of carbonyl (C=O) groups excluding carboxylic acids is 2. The van der Waals surface area contributed by atoms with Crippen LogP contribution < -0.4 is 4.74 Å². The van der Waals surface area contributed by atoms with Gasteiger partial charge in [-0.1, -0.05) is 30.3 Å². The number of nitrogens with zero attached hydrogens (tertiary/aromatic N) is 1. The van der Waals surface area contributed by atoms with Gasteiger partial charge in [-0.3, -0.25) is 14.5 Å². The quantitative estimate of drug-likeness (QED) is 0.466. The number of carbonyl (C=O) groups is 2. The Kier molecular flexibility index (Phi) is 6.43. The second-order valence-electron chi connectivity index (χ2n) is 5.98. The molecule has 140 valence electrons. The fraction of sp³-hybridized carbons (Fsp3) is 0.200. The number of thioether (sulfide) groups is 1. The molecule has 2 aromatic rings. The monoisotopic (exact) mass is 495 g/mol. The van der Waals surface area contributed by atoms with Gasteiger partial charge in [-0.25, -0.2) is 0 Å². The van der Waals surface area contributed by atoms with Gasteiger partial charge in [0.2, 0.25) is 0 Å². The summed E-state index contributed by atoms with van der Waals surface area (Å²) in [5.74, 6) is 0.111. The lowest BCUT2D eigenvalue weighted by atomic mass is 10.1. The SMILES string of the molecule is COc1cc(C=C2SC(=O)N(CCCc3ccccc3)C2=O)cc(I)c1O. The molecule has 0 unspecified atom stereocenters. The maximum atomic E-state index is 12.6. The Morgan fingerprint density at radius 2 is 1.96 bits per heavy atom. The molecule has 5 nitrogen and oxygen atoms in total. The van der Waals surface area contributed by atoms with Crippen LogP contribution in [0.5, 0.6) is 11.5 Å². The molecule has 1 saturated heterocycles. The summed E-state index contributed by atoms with van der Waals surface area (Å²) in [7, 11) is 1.47. The fourth-order valence-corrected chi connectivity index (χ4v) is 4.25. The van der Waals surface area contributed by atoms with Gasteiger partial charge < -0.3 is 9.84 Å². The lowest BCUT2D eigenvalue weighted by Gasteiger charge is -2.12. The van der Waals surface area contributed by atoms with E-state index in [9.17, 15) is 14.7 Å². The molecule has 1 fully saturated rings. The number of phenols is 1. The average molecular weight is 495 g/mol. The van der Waals surface area contributed by atoms with Gasteiger partial charge in [-0.05, 0) is 76.5 Å². The number of hydrogen-bond donors (Lipinski definition) is 1. The number of halogens is 1. The number of benzene rings is 2. The third kappa shape index (κ3) is 4.65. The van der Waals surface area contributed by atoms with E-state index in [4.69, 9.17) is 4.74 Å². The van der Waals surface area contributed by atoms with Crippen molar-refractivity contribution in [2.45, 2.75) is 12.8 Å². The van der Waals surface area contributed by atoms with Crippen LogP contribution in [-0.2, 0) is 11.2 Å². The normalized spacial score (nSPS) is 15.6. The smallest absolute Gasteiger partial charge is 0.293 e. The highest BCUT2D eigenvalue weighted by Gasteiger charge is 2.34. The van der Waals surface area contributed by atoms with E-state index in [2.05, 4.69) is 0 Å². The predicted molar refractivity (Wildman–Crippen MR) is 115 cm³/mol. The van der Waals surface area contributed by atoms with Crippen molar-refractivity contribution in [3.63, 3.8) is 0 Å². The maximum absolute atomic E-state index is 12.6. The Hall–Kier alpha value is -2.00. The minimum Gasteiger partial charge on any atom is -0.504 e. The number of aryl methyl sites for hydroxylation is 1. The van der Waals surface area contributed by atoms with Gasteiger partial charge in [0.25, 0.3) is 11.1 Å². The summed E-state index contributed by atoms with van der Waals surface area (Å²) in [6.07, 6.45) is 3.20. The number of rotatable bonds is 6. The number of aromatic hydroxyl groups is 1. The van der Waals surface area contributed by atoms with Crippen molar-refractivity contribution in [3.8, 4) is 11.5 Å². The van der Waals surface area contributed by atoms with E-state index in [1.807, 2.05) is 52.9 Å². The molecule has 27 heavy (non-hydrogen) atoms. The van der Waals surface area contributed by atoms with Crippen LogP contribution in [0.25, 0.3) is 6.08 Å². The molecule has 7 heteroatoms. The van der Waals surface area contributed by atoms with Crippen molar-refractivity contribution < 1.29 is 19.4 Å². The number of phenolic OH excluding ortho intramolecular Hbond substituents is 1. The second kappa shape index (κ2) is 8.79. The highest BCUT2D eigenvalue weighted by atomic mass is 127. The van der Waals surface area contributed by atoms with Crippen molar-refractivity contribution in [3.05, 3.63) is 62.1 Å². The largest absolute Gasteiger partial charge is 0.504 e. The standard InChI is InChI=1S/C20H18INO4S/c1-26-16-11-14(10-15(21)18(16)23)12-17-19(24)22(20(25)27-17)9-5-8-13-6-3-2-4-7-13/h2-4,6-7,10-12,23H,5,8-9H2,1H3. The molecule has 0 saturated carbocycles. The molecule has 1 heterocycles. The highest BCUT2D eigenvalue weighted by molar-refractivity contribution is 14.1. The van der Waals surface area contributed by atoms with Crippen LogP contribution in [0.4, 0.5) is 4.79 Å². The van der Waals surface area contributed by atoms with Crippen LogP contribution in [0.1, 0.15) is 17.5 Å². The van der Waals surface area contributed by atoms with Gasteiger partial charge in [0, 0.05) is 6.54 Å². The van der Waals surface area contributed by atoms with Crippen LogP contribution in [0.15, 0.2) is 47.4 Å². The van der Waals surface area contributed by atoms with Crippen LogP contribution >= 0.6 is 34.4 Å². The van der Waals surface area contributed by atoms with Gasteiger partial charge in [0.15, 0.2) is 11.5 Å². The molecule has 0 radical (unpaired) electrons. The third-order valence-corrected chi connectivity index (χ3v) is 5.86. The molecule has 1 aliphatic heterocycles. The van der Waals surface area contributed by atoms with Crippen LogP contribution in [0.3, 0.4) is 0 Å². The third-order valence-electron chi connectivity index (χ3n) is 4.13. The van der Waals surface area contributed by atoms with Crippen molar-refractivity contribution >= 4 is 51.6 Å². The number of amides is 2. The number of hydrogen-bond acceptors (Lipinski definition) is 5. The summed E-state index contributed by atoms with van der Waals surface area (Å²) >= 11 is 2.93. The summed E-state index contributed by atoms with van der Waals surface area (Å²) < 4.78 is 5.75. The van der Waals surface area contributed by atoms with Crippen molar-refractivity contribution in [2.75, 3.05) is 13.7 Å². The summed E-state index contributed by atoms with van der Waals surface area (Å²) in [6.45, 7) is 0.396. The first kappa shape index (κ1) is 19.8. The van der Waals surface area contributed by atoms with Crippen molar-refractivity contribution in [1.29, 1.82) is 0 Å². The molecule has 0 bridgehead atoms. The zero-order valence-corrected chi connectivity index (χ0v) is 17.6. The topological polar surface area (TPSA) is 66.8 Å². The summed E-state index contributed by atoms with van der Waals surface area (Å²) in [6, 6.07) is 13.4. The molecule has 1 N–H and O–H groups in total. The Morgan fingerprint density at radius 1 is 1.22 bits per heavy atom. The average Bonchev–Trinajstić information content (AvgIpc) is 2.92. The van der Waals surface area contributed by atoms with E-state index in [-0.39, 0.29) is 16.9 Å². The van der Waals surface area contributed by atoms with E-state index in [0.717, 1.165) is 24.6 Å². The van der Waals surface area contributed by atoms with Gasteiger partial charge in [0.1, 0.15) is 0 Å². The Labute approximate surface area is 175 Å². The van der Waals surface area contributed by atoms with E-state index >= 15 is 0 Å². The number of imide groups is 1. The van der Waals surface area contributed by atoms with Gasteiger partial charge in [-0.15, -0.1) is 0 Å². The maximum Gasteiger partial charge on any atom is 0.293 e. The molecule has 0 atom stereocenters. The van der Waals surface area contributed by atoms with E-state index in [1.165, 1.54) is 17.6 Å². The van der Waals surface area contributed by atoms with Gasteiger partial charge in [0.05, 0.1) is 15.6 Å². The first-order valence-corrected chi connectivity index (χ1v) is 10.2. The van der Waals surface area contributed by atoms with Crippen LogP contribution in [-0.4, -0.2) is 34.8 Å². The molecule has 0 aliphatic carbocycles. The Balaban J connectivity index is 1.70. The van der Waals surface area contributed by atoms with Gasteiger partial charge in [-0.2, -0.15) is 0 Å². The first-order chi connectivity index (χ1) is 13.0. The minimum absolute atomic E-state index is 0.0595. The van der Waals surface area contributed by atoms with Crippen molar-refractivity contribution in [1.82, 2.24) is 4.90 Å². The molecule has 1 aliphatic rings. The molecular formula is C20H18INO4S. The molecule has 0 aromatic heterocycles. The van der Waals surface area contributed by atoms with Crippen LogP contribution in [0.2, 0.25) is 0 Å². The highest BCUT2D eigenvalue weighted by Crippen LogP contribution is 2.36. The molecular weight excluding hydrogens is 477 g/mol. The van der Waals surface area contributed by atoms with E-state index in [0.29, 0.717) is 26.3 Å². The summed E-state index contributed by atoms with van der Waals surface area (Å²) in [4.78, 5) is 26.5. The second-order valence-corrected chi connectivity index (χ2v) is 8.13. The number of methoxy groups -OCH3 is 1. The van der Waals surface area contributed by atoms with Crippen molar-refractivity contribution in [2.24, 2.45) is 0 Å². The van der Waals surface area contributed by atoms with Gasteiger partial charge >= 0.3 is 0 Å². The fourth-order valence-electron chi connectivity index (χ4n) is 2.76. The Morgan fingerprint density at radius 3 is 2.67 bits per heavy atom. The number of ether oxygens (including phenoxy) is 1. The molecule has 0 spiro atoms. The molecule has 3 rings (SSSR count). The zero-order chi connectivity index (χ0) is 19.4. The summed E-state index contributed by atoms with van der Waals surface area (Å²) in [5.41, 5.74) is 1.88.